The van der Waals surface area contributed by atoms with Gasteiger partial charge < -0.3 is 10.6 Å². The zero-order valence-electron chi connectivity index (χ0n) is 10.3. The summed E-state index contributed by atoms with van der Waals surface area (Å²) in [5.41, 5.74) is 6.61. The van der Waals surface area contributed by atoms with Gasteiger partial charge >= 0.3 is 0 Å². The molecule has 2 N–H and O–H groups in total. The summed E-state index contributed by atoms with van der Waals surface area (Å²) in [5, 5.41) is 10.7. The van der Waals surface area contributed by atoms with Gasteiger partial charge in [-0.15, -0.1) is 0 Å². The van der Waals surface area contributed by atoms with E-state index in [1.54, 1.807) is 12.1 Å². The van der Waals surface area contributed by atoms with Crippen LogP contribution in [-0.4, -0.2) is 49.1 Å². The maximum atomic E-state index is 10.7. The highest BCUT2D eigenvalue weighted by atomic mass is 16.6. The van der Waals surface area contributed by atoms with Gasteiger partial charge in [0.15, 0.2) is 0 Å². The van der Waals surface area contributed by atoms with E-state index in [1.807, 2.05) is 6.07 Å². The van der Waals surface area contributed by atoms with Gasteiger partial charge in [-0.25, -0.2) is 0 Å². The Morgan fingerprint density at radius 1 is 1.28 bits per heavy atom. The van der Waals surface area contributed by atoms with Crippen LogP contribution < -0.4 is 10.6 Å². The SMILES string of the molecule is NCCN1CCN(c2cccc([N+](=O)[O-])c2)CC1. The molecule has 0 bridgehead atoms. The van der Waals surface area contributed by atoms with Crippen molar-refractivity contribution in [2.75, 3.05) is 44.2 Å². The Kier molecular flexibility index (Phi) is 4.11. The summed E-state index contributed by atoms with van der Waals surface area (Å²) in [6.45, 7) is 5.29. The standard InChI is InChI=1S/C12H18N4O2/c13-4-5-14-6-8-15(9-7-14)11-2-1-3-12(10-11)16(17)18/h1-3,10H,4-9,13H2. The maximum absolute atomic E-state index is 10.7. The normalized spacial score (nSPS) is 16.8. The lowest BCUT2D eigenvalue weighted by atomic mass is 10.2. The molecule has 1 aliphatic heterocycles. The van der Waals surface area contributed by atoms with Crippen LogP contribution >= 0.6 is 0 Å². The van der Waals surface area contributed by atoms with Crippen LogP contribution in [0.3, 0.4) is 0 Å². The Hall–Kier alpha value is -1.66. The molecule has 1 saturated heterocycles. The van der Waals surface area contributed by atoms with Crippen molar-refractivity contribution in [2.24, 2.45) is 5.73 Å². The van der Waals surface area contributed by atoms with E-state index in [0.717, 1.165) is 38.4 Å². The third-order valence-electron chi connectivity index (χ3n) is 3.22. The summed E-state index contributed by atoms with van der Waals surface area (Å²) in [7, 11) is 0. The van der Waals surface area contributed by atoms with Crippen LogP contribution in [0, 0.1) is 10.1 Å². The molecule has 98 valence electrons. The molecule has 1 fully saturated rings. The average Bonchev–Trinajstić information content (AvgIpc) is 2.40. The van der Waals surface area contributed by atoms with E-state index >= 15 is 0 Å². The highest BCUT2D eigenvalue weighted by Crippen LogP contribution is 2.21. The molecule has 6 heteroatoms. The summed E-state index contributed by atoms with van der Waals surface area (Å²) in [5.74, 6) is 0. The molecule has 1 heterocycles. The van der Waals surface area contributed by atoms with Crippen molar-refractivity contribution in [1.29, 1.82) is 0 Å². The van der Waals surface area contributed by atoms with E-state index in [-0.39, 0.29) is 10.6 Å². The molecule has 0 saturated carbocycles. The summed E-state index contributed by atoms with van der Waals surface area (Å²) >= 11 is 0. The lowest BCUT2D eigenvalue weighted by molar-refractivity contribution is -0.384. The van der Waals surface area contributed by atoms with Gasteiger partial charge in [0, 0.05) is 57.1 Å². The van der Waals surface area contributed by atoms with E-state index in [1.165, 1.54) is 6.07 Å². The number of nitrogens with zero attached hydrogens (tertiary/aromatic N) is 3. The number of nitro groups is 1. The number of hydrogen-bond acceptors (Lipinski definition) is 5. The first-order valence-corrected chi connectivity index (χ1v) is 6.12. The first-order chi connectivity index (χ1) is 8.70. The Labute approximate surface area is 106 Å². The first kappa shape index (κ1) is 12.8. The number of piperazine rings is 1. The topological polar surface area (TPSA) is 75.6 Å². The fourth-order valence-electron chi connectivity index (χ4n) is 2.22. The third kappa shape index (κ3) is 2.96. The molecule has 0 atom stereocenters. The minimum absolute atomic E-state index is 0.150. The predicted molar refractivity (Wildman–Crippen MR) is 70.8 cm³/mol. The molecule has 2 rings (SSSR count). The monoisotopic (exact) mass is 250 g/mol. The number of anilines is 1. The number of nitrogens with two attached hydrogens (primary N) is 1. The van der Waals surface area contributed by atoms with Gasteiger partial charge in [0.2, 0.25) is 0 Å². The highest BCUT2D eigenvalue weighted by Gasteiger charge is 2.17. The molecule has 0 unspecified atom stereocenters. The fraction of sp³-hybridized carbons (Fsp3) is 0.500. The van der Waals surface area contributed by atoms with Gasteiger partial charge in [0.1, 0.15) is 0 Å². The second-order valence-electron chi connectivity index (χ2n) is 4.39. The average molecular weight is 250 g/mol. The molecule has 1 aromatic rings. The number of benzene rings is 1. The molecule has 0 amide bonds. The van der Waals surface area contributed by atoms with Crippen LogP contribution in [0.25, 0.3) is 0 Å². The molecule has 0 aliphatic carbocycles. The summed E-state index contributed by atoms with van der Waals surface area (Å²) in [6.07, 6.45) is 0. The van der Waals surface area contributed by atoms with Crippen LogP contribution in [-0.2, 0) is 0 Å². The lowest BCUT2D eigenvalue weighted by Gasteiger charge is -2.35. The Morgan fingerprint density at radius 3 is 2.61 bits per heavy atom. The minimum Gasteiger partial charge on any atom is -0.369 e. The number of hydrogen-bond donors (Lipinski definition) is 1. The zero-order chi connectivity index (χ0) is 13.0. The number of rotatable bonds is 4. The Balaban J connectivity index is 2.01. The van der Waals surface area contributed by atoms with Crippen LogP contribution in [0.5, 0.6) is 0 Å². The van der Waals surface area contributed by atoms with Gasteiger partial charge in [-0.2, -0.15) is 0 Å². The summed E-state index contributed by atoms with van der Waals surface area (Å²) in [6, 6.07) is 6.82. The van der Waals surface area contributed by atoms with Crippen molar-refractivity contribution < 1.29 is 4.92 Å². The fourth-order valence-corrected chi connectivity index (χ4v) is 2.22. The van der Waals surface area contributed by atoms with E-state index in [0.29, 0.717) is 6.54 Å². The molecule has 18 heavy (non-hydrogen) atoms. The van der Waals surface area contributed by atoms with Crippen molar-refractivity contribution in [3.8, 4) is 0 Å². The second-order valence-corrected chi connectivity index (χ2v) is 4.39. The summed E-state index contributed by atoms with van der Waals surface area (Å²) < 4.78 is 0. The Bertz CT molecular complexity index is 416. The molecule has 1 aliphatic rings. The number of nitro benzene ring substituents is 1. The van der Waals surface area contributed by atoms with Gasteiger partial charge in [0.25, 0.3) is 5.69 Å². The van der Waals surface area contributed by atoms with Crippen molar-refractivity contribution in [3.63, 3.8) is 0 Å². The predicted octanol–water partition coefficient (Wildman–Crippen LogP) is 0.675. The first-order valence-electron chi connectivity index (χ1n) is 6.12. The van der Waals surface area contributed by atoms with Crippen LogP contribution in [0.1, 0.15) is 0 Å². The maximum Gasteiger partial charge on any atom is 0.271 e. The molecular formula is C12H18N4O2. The summed E-state index contributed by atoms with van der Waals surface area (Å²) in [4.78, 5) is 14.9. The highest BCUT2D eigenvalue weighted by molar-refractivity contribution is 5.53. The second kappa shape index (κ2) is 5.79. The van der Waals surface area contributed by atoms with Gasteiger partial charge in [0.05, 0.1) is 4.92 Å². The van der Waals surface area contributed by atoms with Gasteiger partial charge in [-0.05, 0) is 6.07 Å². The Morgan fingerprint density at radius 2 is 2.00 bits per heavy atom. The third-order valence-corrected chi connectivity index (χ3v) is 3.22. The molecular weight excluding hydrogens is 232 g/mol. The van der Waals surface area contributed by atoms with Crippen LogP contribution in [0.15, 0.2) is 24.3 Å². The zero-order valence-corrected chi connectivity index (χ0v) is 10.3. The van der Waals surface area contributed by atoms with Crippen molar-refractivity contribution in [1.82, 2.24) is 4.90 Å². The molecule has 6 nitrogen and oxygen atoms in total. The lowest BCUT2D eigenvalue weighted by Crippen LogP contribution is -2.47. The van der Waals surface area contributed by atoms with Gasteiger partial charge in [-0.1, -0.05) is 6.07 Å². The molecule has 0 aromatic heterocycles. The molecule has 0 radical (unpaired) electrons. The van der Waals surface area contributed by atoms with Crippen molar-refractivity contribution in [3.05, 3.63) is 34.4 Å². The van der Waals surface area contributed by atoms with Gasteiger partial charge in [-0.3, -0.25) is 15.0 Å². The van der Waals surface area contributed by atoms with Crippen molar-refractivity contribution >= 4 is 11.4 Å². The van der Waals surface area contributed by atoms with Crippen molar-refractivity contribution in [2.45, 2.75) is 0 Å². The van der Waals surface area contributed by atoms with E-state index in [4.69, 9.17) is 5.73 Å². The van der Waals surface area contributed by atoms with Crippen LogP contribution in [0.2, 0.25) is 0 Å². The van der Waals surface area contributed by atoms with E-state index < -0.39 is 0 Å². The van der Waals surface area contributed by atoms with E-state index in [2.05, 4.69) is 9.80 Å². The smallest absolute Gasteiger partial charge is 0.271 e. The van der Waals surface area contributed by atoms with E-state index in [9.17, 15) is 10.1 Å². The minimum atomic E-state index is -0.353. The molecule has 0 spiro atoms. The largest absolute Gasteiger partial charge is 0.369 e. The quantitative estimate of drug-likeness (QED) is 0.628. The number of non-ortho nitro benzene ring substituents is 1. The molecule has 1 aromatic carbocycles. The van der Waals surface area contributed by atoms with Crippen LogP contribution in [0.4, 0.5) is 11.4 Å².